The number of sulfonamides is 1. The van der Waals surface area contributed by atoms with E-state index in [-0.39, 0.29) is 16.3 Å². The number of amides is 1. The van der Waals surface area contributed by atoms with Gasteiger partial charge in [-0.3, -0.25) is 4.79 Å². The molecule has 0 radical (unpaired) electrons. The summed E-state index contributed by atoms with van der Waals surface area (Å²) in [6, 6.07) is 4.55. The Morgan fingerprint density at radius 1 is 1.17 bits per heavy atom. The fourth-order valence-electron chi connectivity index (χ4n) is 2.27. The van der Waals surface area contributed by atoms with Crippen molar-refractivity contribution in [3.8, 4) is 0 Å². The number of anilines is 1. The average molecular weight is 351 g/mol. The topological polar surface area (TPSA) is 101 Å². The van der Waals surface area contributed by atoms with Crippen LogP contribution in [0.25, 0.3) is 0 Å². The molecule has 0 unspecified atom stereocenters. The molecule has 24 heavy (non-hydrogen) atoms. The van der Waals surface area contributed by atoms with Crippen LogP contribution in [0.5, 0.6) is 0 Å². The van der Waals surface area contributed by atoms with E-state index in [9.17, 15) is 13.2 Å². The van der Waals surface area contributed by atoms with Crippen molar-refractivity contribution in [2.24, 2.45) is 0 Å². The van der Waals surface area contributed by atoms with E-state index in [4.69, 9.17) is 4.52 Å². The van der Waals surface area contributed by atoms with Crippen LogP contribution < -0.4 is 10.0 Å². The zero-order valence-corrected chi connectivity index (χ0v) is 15.1. The number of aromatic nitrogens is 1. The highest BCUT2D eigenvalue weighted by molar-refractivity contribution is 7.89. The first-order valence-electron chi connectivity index (χ1n) is 7.45. The van der Waals surface area contributed by atoms with Crippen LogP contribution in [0.3, 0.4) is 0 Å². The number of nitrogens with zero attached hydrogens (tertiary/aromatic N) is 1. The van der Waals surface area contributed by atoms with Gasteiger partial charge in [0.15, 0.2) is 5.76 Å². The fraction of sp³-hybridized carbons (Fsp3) is 0.375. The lowest BCUT2D eigenvalue weighted by atomic mass is 10.1. The number of carbonyl (C=O) groups excluding carboxylic acids is 1. The third-order valence-electron chi connectivity index (χ3n) is 3.74. The molecule has 2 rings (SSSR count). The molecule has 1 aromatic carbocycles. The van der Waals surface area contributed by atoms with Crippen molar-refractivity contribution >= 4 is 21.6 Å². The lowest BCUT2D eigenvalue weighted by molar-refractivity contribution is -0.117. The predicted octanol–water partition coefficient (Wildman–Crippen LogP) is 2.21. The highest BCUT2D eigenvalue weighted by Crippen LogP contribution is 2.19. The van der Waals surface area contributed by atoms with E-state index in [2.05, 4.69) is 15.2 Å². The van der Waals surface area contributed by atoms with E-state index in [1.807, 2.05) is 26.0 Å². The minimum absolute atomic E-state index is 0.0340. The van der Waals surface area contributed by atoms with Crippen molar-refractivity contribution in [1.82, 2.24) is 9.88 Å². The summed E-state index contributed by atoms with van der Waals surface area (Å²) in [5, 5.41) is 6.33. The first kappa shape index (κ1) is 18.2. The van der Waals surface area contributed by atoms with Crippen molar-refractivity contribution in [3.05, 3.63) is 40.8 Å². The summed E-state index contributed by atoms with van der Waals surface area (Å²) in [5.74, 6) is -0.268. The Balaban J connectivity index is 2.12. The van der Waals surface area contributed by atoms with E-state index in [1.54, 1.807) is 6.07 Å². The molecule has 0 saturated carbocycles. The van der Waals surface area contributed by atoms with Crippen LogP contribution in [0.4, 0.5) is 5.69 Å². The third-order valence-corrected chi connectivity index (χ3v) is 5.52. The van der Waals surface area contributed by atoms with Gasteiger partial charge in [-0.15, -0.1) is 0 Å². The van der Waals surface area contributed by atoms with Crippen LogP contribution in [-0.2, 0) is 14.8 Å². The lowest BCUT2D eigenvalue weighted by Gasteiger charge is -2.15. The molecule has 1 atom stereocenters. The fourth-order valence-corrected chi connectivity index (χ4v) is 3.81. The Morgan fingerprint density at radius 2 is 1.83 bits per heavy atom. The summed E-state index contributed by atoms with van der Waals surface area (Å²) in [6.45, 7) is 8.43. The first-order chi connectivity index (χ1) is 11.1. The summed E-state index contributed by atoms with van der Waals surface area (Å²) >= 11 is 0. The molecule has 2 N–H and O–H groups in total. The van der Waals surface area contributed by atoms with Gasteiger partial charge >= 0.3 is 0 Å². The van der Waals surface area contributed by atoms with Crippen LogP contribution in [0, 0.1) is 27.7 Å². The van der Waals surface area contributed by atoms with Crippen LogP contribution in [0.1, 0.15) is 29.5 Å². The van der Waals surface area contributed by atoms with E-state index in [0.29, 0.717) is 5.69 Å². The molecule has 0 saturated heterocycles. The molecule has 2 aromatic rings. The molecule has 0 aliphatic heterocycles. The smallest absolute Gasteiger partial charge is 0.246 e. The van der Waals surface area contributed by atoms with Crippen molar-refractivity contribution in [2.75, 3.05) is 5.32 Å². The highest BCUT2D eigenvalue weighted by atomic mass is 32.2. The van der Waals surface area contributed by atoms with Crippen LogP contribution in [0.2, 0.25) is 0 Å². The standard InChI is InChI=1S/C16H21N3O4S/c1-9-6-7-14(8-10(9)2)17-16(20)12(4)19-24(21,22)15-11(3)18-23-13(15)5/h6-8,12,19H,1-5H3,(H,17,20)/t12-/m0/s1. The molecule has 1 aromatic heterocycles. The van der Waals surface area contributed by atoms with Gasteiger partial charge in [0.05, 0.1) is 6.04 Å². The van der Waals surface area contributed by atoms with Crippen molar-refractivity contribution in [2.45, 2.75) is 45.6 Å². The van der Waals surface area contributed by atoms with Gasteiger partial charge in [0, 0.05) is 5.69 Å². The number of nitrogens with one attached hydrogen (secondary N) is 2. The van der Waals surface area contributed by atoms with Gasteiger partial charge in [0.1, 0.15) is 10.6 Å². The molecule has 0 fully saturated rings. The molecule has 1 amide bonds. The van der Waals surface area contributed by atoms with Crippen molar-refractivity contribution < 1.29 is 17.7 Å². The lowest BCUT2D eigenvalue weighted by Crippen LogP contribution is -2.41. The second-order valence-electron chi connectivity index (χ2n) is 5.78. The molecule has 130 valence electrons. The maximum atomic E-state index is 12.4. The Labute approximate surface area is 141 Å². The molecule has 0 aliphatic rings. The maximum absolute atomic E-state index is 12.4. The zero-order valence-electron chi connectivity index (χ0n) is 14.3. The second-order valence-corrected chi connectivity index (χ2v) is 7.44. The van der Waals surface area contributed by atoms with E-state index >= 15 is 0 Å². The minimum atomic E-state index is -3.90. The summed E-state index contributed by atoms with van der Waals surface area (Å²) < 4.78 is 32.0. The molecular weight excluding hydrogens is 330 g/mol. The van der Waals surface area contributed by atoms with Crippen LogP contribution >= 0.6 is 0 Å². The Kier molecular flexibility index (Phi) is 5.10. The molecule has 7 nitrogen and oxygen atoms in total. The van der Waals surface area contributed by atoms with Gasteiger partial charge < -0.3 is 9.84 Å². The van der Waals surface area contributed by atoms with E-state index in [0.717, 1.165) is 11.1 Å². The normalized spacial score (nSPS) is 12.9. The van der Waals surface area contributed by atoms with Gasteiger partial charge in [-0.2, -0.15) is 4.72 Å². The van der Waals surface area contributed by atoms with Crippen LogP contribution in [0.15, 0.2) is 27.6 Å². The number of hydrogen-bond acceptors (Lipinski definition) is 5. The molecular formula is C16H21N3O4S. The summed E-state index contributed by atoms with van der Waals surface area (Å²) in [7, 11) is -3.90. The predicted molar refractivity (Wildman–Crippen MR) is 90.3 cm³/mol. The van der Waals surface area contributed by atoms with Gasteiger partial charge in [-0.1, -0.05) is 11.2 Å². The number of carbonyl (C=O) groups is 1. The largest absolute Gasteiger partial charge is 0.360 e. The van der Waals surface area contributed by atoms with Gasteiger partial charge in [-0.25, -0.2) is 8.42 Å². The van der Waals surface area contributed by atoms with E-state index in [1.165, 1.54) is 20.8 Å². The number of aryl methyl sites for hydroxylation is 4. The number of hydrogen-bond donors (Lipinski definition) is 2. The minimum Gasteiger partial charge on any atom is -0.360 e. The van der Waals surface area contributed by atoms with Gasteiger partial charge in [0.25, 0.3) is 0 Å². The first-order valence-corrected chi connectivity index (χ1v) is 8.93. The number of benzene rings is 1. The molecule has 0 aliphatic carbocycles. The molecule has 1 heterocycles. The average Bonchev–Trinajstić information content (AvgIpc) is 2.82. The second kappa shape index (κ2) is 6.74. The van der Waals surface area contributed by atoms with E-state index < -0.39 is 22.0 Å². The van der Waals surface area contributed by atoms with Crippen molar-refractivity contribution in [3.63, 3.8) is 0 Å². The quantitative estimate of drug-likeness (QED) is 0.860. The van der Waals surface area contributed by atoms with Crippen molar-refractivity contribution in [1.29, 1.82) is 0 Å². The summed E-state index contributed by atoms with van der Waals surface area (Å²) in [4.78, 5) is 12.2. The Morgan fingerprint density at radius 3 is 2.38 bits per heavy atom. The molecule has 8 heteroatoms. The zero-order chi connectivity index (χ0) is 18.1. The molecule has 0 spiro atoms. The number of rotatable bonds is 5. The maximum Gasteiger partial charge on any atom is 0.246 e. The highest BCUT2D eigenvalue weighted by Gasteiger charge is 2.28. The van der Waals surface area contributed by atoms with Gasteiger partial charge in [-0.05, 0) is 57.9 Å². The Bertz CT molecular complexity index is 852. The van der Waals surface area contributed by atoms with Gasteiger partial charge in [0.2, 0.25) is 15.9 Å². The third kappa shape index (κ3) is 3.82. The summed E-state index contributed by atoms with van der Waals surface area (Å²) in [6.07, 6.45) is 0. The Hall–Kier alpha value is -2.19. The monoisotopic (exact) mass is 351 g/mol. The summed E-state index contributed by atoms with van der Waals surface area (Å²) in [5.41, 5.74) is 3.02. The molecule has 0 bridgehead atoms. The SMILES string of the molecule is Cc1ccc(NC(=O)[C@H](C)NS(=O)(=O)c2c(C)noc2C)cc1C. The van der Waals surface area contributed by atoms with Crippen LogP contribution in [-0.4, -0.2) is 25.5 Å².